The zero-order chi connectivity index (χ0) is 17.0. The van der Waals surface area contributed by atoms with Gasteiger partial charge >= 0.3 is 0 Å². The fourth-order valence-corrected chi connectivity index (χ4v) is 4.53. The SMILES string of the molecule is CCC[C@H](C)NC(=O)C1CCN(S(=O)(=O)c2ccn(C)c2)CC1. The Kier molecular flexibility index (Phi) is 5.86. The summed E-state index contributed by atoms with van der Waals surface area (Å²) in [4.78, 5) is 12.5. The largest absolute Gasteiger partial charge is 0.356 e. The Bertz CT molecular complexity index is 631. The van der Waals surface area contributed by atoms with E-state index in [-0.39, 0.29) is 17.9 Å². The van der Waals surface area contributed by atoms with Gasteiger partial charge in [-0.25, -0.2) is 8.42 Å². The third kappa shape index (κ3) is 4.35. The molecular weight excluding hydrogens is 314 g/mol. The highest BCUT2D eigenvalue weighted by Crippen LogP contribution is 2.24. The van der Waals surface area contributed by atoms with Gasteiger partial charge in [-0.2, -0.15) is 4.31 Å². The fourth-order valence-electron chi connectivity index (χ4n) is 3.00. The van der Waals surface area contributed by atoms with Gasteiger partial charge in [-0.1, -0.05) is 13.3 Å². The van der Waals surface area contributed by atoms with Crippen molar-refractivity contribution in [3.8, 4) is 0 Å². The van der Waals surface area contributed by atoms with Crippen LogP contribution in [0.1, 0.15) is 39.5 Å². The molecule has 1 N–H and O–H groups in total. The number of hydrogen-bond acceptors (Lipinski definition) is 3. The van der Waals surface area contributed by atoms with Gasteiger partial charge in [0.05, 0.1) is 4.90 Å². The van der Waals surface area contributed by atoms with Crippen LogP contribution in [0, 0.1) is 5.92 Å². The number of carbonyl (C=O) groups excluding carboxylic acids is 1. The van der Waals surface area contributed by atoms with Crippen molar-refractivity contribution < 1.29 is 13.2 Å². The van der Waals surface area contributed by atoms with E-state index in [1.54, 1.807) is 30.1 Å². The average molecular weight is 341 g/mol. The molecular formula is C16H27N3O3S. The third-order valence-corrected chi connectivity index (χ3v) is 6.26. The van der Waals surface area contributed by atoms with E-state index in [9.17, 15) is 13.2 Å². The summed E-state index contributed by atoms with van der Waals surface area (Å²) in [6, 6.07) is 1.79. The lowest BCUT2D eigenvalue weighted by molar-refractivity contribution is -0.126. The number of aromatic nitrogens is 1. The molecule has 0 unspecified atom stereocenters. The predicted molar refractivity (Wildman–Crippen MR) is 89.4 cm³/mol. The van der Waals surface area contributed by atoms with E-state index >= 15 is 0 Å². The van der Waals surface area contributed by atoms with Gasteiger partial charge in [0.15, 0.2) is 0 Å². The molecule has 1 aliphatic rings. The van der Waals surface area contributed by atoms with Crippen molar-refractivity contribution in [2.24, 2.45) is 13.0 Å². The molecule has 1 amide bonds. The highest BCUT2D eigenvalue weighted by Gasteiger charge is 2.32. The molecule has 0 spiro atoms. The minimum Gasteiger partial charge on any atom is -0.356 e. The van der Waals surface area contributed by atoms with E-state index in [0.717, 1.165) is 12.8 Å². The number of carbonyl (C=O) groups is 1. The predicted octanol–water partition coefficient (Wildman–Crippen LogP) is 1.73. The highest BCUT2D eigenvalue weighted by molar-refractivity contribution is 7.89. The normalized spacial score (nSPS) is 18.7. The summed E-state index contributed by atoms with van der Waals surface area (Å²) in [5.41, 5.74) is 0. The zero-order valence-electron chi connectivity index (χ0n) is 14.2. The van der Waals surface area contributed by atoms with Crippen LogP contribution in [0.5, 0.6) is 0 Å². The summed E-state index contributed by atoms with van der Waals surface area (Å²) in [6.07, 6.45) is 6.50. The standard InChI is InChI=1S/C16H27N3O3S/c1-4-5-13(2)17-16(20)14-6-10-19(11-7-14)23(21,22)15-8-9-18(3)12-15/h8-9,12-14H,4-7,10-11H2,1-3H3,(H,17,20)/t13-/m0/s1. The minimum atomic E-state index is -3.44. The minimum absolute atomic E-state index is 0.0581. The van der Waals surface area contributed by atoms with Gasteiger partial charge in [-0.05, 0) is 32.3 Å². The number of nitrogens with zero attached hydrogens (tertiary/aromatic N) is 2. The second kappa shape index (κ2) is 7.49. The summed E-state index contributed by atoms with van der Waals surface area (Å²) in [5, 5.41) is 3.03. The fraction of sp³-hybridized carbons (Fsp3) is 0.688. The van der Waals surface area contributed by atoms with Gasteiger partial charge in [0.25, 0.3) is 0 Å². The van der Waals surface area contributed by atoms with Crippen molar-refractivity contribution in [3.63, 3.8) is 0 Å². The maximum atomic E-state index is 12.6. The van der Waals surface area contributed by atoms with E-state index < -0.39 is 10.0 Å². The van der Waals surface area contributed by atoms with Crippen molar-refractivity contribution >= 4 is 15.9 Å². The van der Waals surface area contributed by atoms with Crippen LogP contribution >= 0.6 is 0 Å². The van der Waals surface area contributed by atoms with Crippen LogP contribution in [0.2, 0.25) is 0 Å². The molecule has 0 bridgehead atoms. The van der Waals surface area contributed by atoms with Crippen LogP contribution in [0.25, 0.3) is 0 Å². The van der Waals surface area contributed by atoms with Crippen molar-refractivity contribution in [2.45, 2.75) is 50.5 Å². The zero-order valence-corrected chi connectivity index (χ0v) is 15.0. The van der Waals surface area contributed by atoms with Crippen molar-refractivity contribution in [1.29, 1.82) is 0 Å². The van der Waals surface area contributed by atoms with Crippen LogP contribution in [-0.2, 0) is 21.9 Å². The lowest BCUT2D eigenvalue weighted by Gasteiger charge is -2.30. The first-order valence-electron chi connectivity index (χ1n) is 8.27. The molecule has 1 aliphatic heterocycles. The Labute approximate surface area is 138 Å². The summed E-state index contributed by atoms with van der Waals surface area (Å²) >= 11 is 0. The van der Waals surface area contributed by atoms with Gasteiger partial charge in [0.2, 0.25) is 15.9 Å². The third-order valence-electron chi connectivity index (χ3n) is 4.38. The number of nitrogens with one attached hydrogen (secondary N) is 1. The molecule has 1 aromatic rings. The first-order valence-corrected chi connectivity index (χ1v) is 9.71. The lowest BCUT2D eigenvalue weighted by atomic mass is 9.96. The van der Waals surface area contributed by atoms with Crippen molar-refractivity contribution in [3.05, 3.63) is 18.5 Å². The van der Waals surface area contributed by atoms with Crippen LogP contribution < -0.4 is 5.32 Å². The Morgan fingerprint density at radius 2 is 2.04 bits per heavy atom. The molecule has 0 saturated carbocycles. The molecule has 6 nitrogen and oxygen atoms in total. The number of hydrogen-bond donors (Lipinski definition) is 1. The molecule has 0 aliphatic carbocycles. The van der Waals surface area contributed by atoms with Crippen LogP contribution in [0.3, 0.4) is 0 Å². The summed E-state index contributed by atoms with van der Waals surface area (Å²) < 4.78 is 28.3. The number of rotatable bonds is 6. The van der Waals surface area contributed by atoms with Crippen LogP contribution in [-0.4, -0.2) is 42.3 Å². The first-order chi connectivity index (χ1) is 10.8. The van der Waals surface area contributed by atoms with Gasteiger partial charge in [0, 0.05) is 44.5 Å². The average Bonchev–Trinajstić information content (AvgIpc) is 2.95. The second-order valence-corrected chi connectivity index (χ2v) is 8.33. The molecule has 23 heavy (non-hydrogen) atoms. The van der Waals surface area contributed by atoms with Gasteiger partial charge in [0.1, 0.15) is 0 Å². The van der Waals surface area contributed by atoms with E-state index in [1.807, 2.05) is 6.92 Å². The Morgan fingerprint density at radius 1 is 1.39 bits per heavy atom. The molecule has 7 heteroatoms. The van der Waals surface area contributed by atoms with E-state index in [2.05, 4.69) is 12.2 Å². The van der Waals surface area contributed by atoms with Crippen LogP contribution in [0.15, 0.2) is 23.4 Å². The number of amides is 1. The molecule has 130 valence electrons. The van der Waals surface area contributed by atoms with Gasteiger partial charge in [-0.3, -0.25) is 4.79 Å². The molecule has 0 aromatic carbocycles. The second-order valence-electron chi connectivity index (χ2n) is 6.39. The maximum absolute atomic E-state index is 12.6. The lowest BCUT2D eigenvalue weighted by Crippen LogP contribution is -2.44. The Balaban J connectivity index is 1.92. The number of piperidine rings is 1. The van der Waals surface area contributed by atoms with Crippen LogP contribution in [0.4, 0.5) is 0 Å². The summed E-state index contributed by atoms with van der Waals surface area (Å²) in [6.45, 7) is 4.90. The Morgan fingerprint density at radius 3 is 2.57 bits per heavy atom. The highest BCUT2D eigenvalue weighted by atomic mass is 32.2. The van der Waals surface area contributed by atoms with Crippen molar-refractivity contribution in [1.82, 2.24) is 14.2 Å². The van der Waals surface area contributed by atoms with Gasteiger partial charge < -0.3 is 9.88 Å². The molecule has 1 aromatic heterocycles. The molecule has 1 atom stereocenters. The molecule has 1 fully saturated rings. The summed E-state index contributed by atoms with van der Waals surface area (Å²) in [7, 11) is -1.64. The van der Waals surface area contributed by atoms with Crippen molar-refractivity contribution in [2.75, 3.05) is 13.1 Å². The monoisotopic (exact) mass is 341 g/mol. The topological polar surface area (TPSA) is 71.4 Å². The van der Waals surface area contributed by atoms with E-state index in [0.29, 0.717) is 30.8 Å². The maximum Gasteiger partial charge on any atom is 0.244 e. The molecule has 1 saturated heterocycles. The van der Waals surface area contributed by atoms with Gasteiger partial charge in [-0.15, -0.1) is 0 Å². The van der Waals surface area contributed by atoms with E-state index in [4.69, 9.17) is 0 Å². The van der Waals surface area contributed by atoms with E-state index in [1.165, 1.54) is 4.31 Å². The molecule has 2 rings (SSSR count). The smallest absolute Gasteiger partial charge is 0.244 e. The molecule has 2 heterocycles. The summed E-state index contributed by atoms with van der Waals surface area (Å²) in [5.74, 6) is -0.0285. The first kappa shape index (κ1) is 18.0. The quantitative estimate of drug-likeness (QED) is 0.856. The number of sulfonamides is 1. The molecule has 0 radical (unpaired) electrons. The Hall–Kier alpha value is -1.34. The number of aryl methyl sites for hydroxylation is 1.